The van der Waals surface area contributed by atoms with Crippen LogP contribution in [0.4, 0.5) is 0 Å². The molecule has 20 heavy (non-hydrogen) atoms. The first kappa shape index (κ1) is 13.5. The number of ether oxygens (including phenoxy) is 1. The van der Waals surface area contributed by atoms with E-state index in [1.165, 1.54) is 0 Å². The highest BCUT2D eigenvalue weighted by atomic mass is 16.5. The smallest absolute Gasteiger partial charge is 0.254 e. The first-order valence-electron chi connectivity index (χ1n) is 7.38. The summed E-state index contributed by atoms with van der Waals surface area (Å²) in [5, 5.41) is 3.36. The van der Waals surface area contributed by atoms with Crippen molar-refractivity contribution in [2.24, 2.45) is 0 Å². The van der Waals surface area contributed by atoms with Gasteiger partial charge in [0, 0.05) is 36.5 Å². The van der Waals surface area contributed by atoms with E-state index < -0.39 is 0 Å². The Morgan fingerprint density at radius 1 is 1.30 bits per heavy atom. The van der Waals surface area contributed by atoms with Crippen LogP contribution in [0, 0.1) is 0 Å². The van der Waals surface area contributed by atoms with Crippen LogP contribution in [0.2, 0.25) is 0 Å². The molecule has 5 nitrogen and oxygen atoms in total. The summed E-state index contributed by atoms with van der Waals surface area (Å²) in [7, 11) is 0. The van der Waals surface area contributed by atoms with E-state index in [-0.39, 0.29) is 5.91 Å². The molecule has 3 heterocycles. The van der Waals surface area contributed by atoms with Crippen molar-refractivity contribution in [3.8, 4) is 0 Å². The van der Waals surface area contributed by atoms with Gasteiger partial charge in [-0.25, -0.2) is 0 Å². The largest absolute Gasteiger partial charge is 0.378 e. The van der Waals surface area contributed by atoms with Crippen LogP contribution in [-0.4, -0.2) is 55.2 Å². The molecule has 108 valence electrons. The molecule has 0 unspecified atom stereocenters. The number of aromatic nitrogens is 1. The predicted molar refractivity (Wildman–Crippen MR) is 75.8 cm³/mol. The average Bonchev–Trinajstić information content (AvgIpc) is 2.56. The van der Waals surface area contributed by atoms with E-state index in [1.807, 2.05) is 17.0 Å². The van der Waals surface area contributed by atoms with Crippen molar-refractivity contribution in [1.29, 1.82) is 0 Å². The maximum Gasteiger partial charge on any atom is 0.254 e. The van der Waals surface area contributed by atoms with E-state index in [0.717, 1.165) is 37.2 Å². The molecule has 0 radical (unpaired) electrons. The van der Waals surface area contributed by atoms with Gasteiger partial charge in [-0.05, 0) is 38.1 Å². The lowest BCUT2D eigenvalue weighted by Crippen LogP contribution is -2.40. The Bertz CT molecular complexity index is 466. The number of rotatable bonds is 2. The van der Waals surface area contributed by atoms with E-state index in [9.17, 15) is 4.79 Å². The fraction of sp³-hybridized carbons (Fsp3) is 0.600. The minimum atomic E-state index is 0.103. The van der Waals surface area contributed by atoms with Gasteiger partial charge < -0.3 is 15.0 Å². The number of nitrogens with zero attached hydrogens (tertiary/aromatic N) is 2. The molecule has 2 aliphatic heterocycles. The van der Waals surface area contributed by atoms with Crippen LogP contribution in [0.15, 0.2) is 18.3 Å². The molecule has 1 aromatic rings. The summed E-state index contributed by atoms with van der Waals surface area (Å²) in [6.07, 6.45) is 3.97. The minimum absolute atomic E-state index is 0.103. The van der Waals surface area contributed by atoms with Crippen molar-refractivity contribution in [2.45, 2.75) is 18.8 Å². The second-order valence-electron chi connectivity index (χ2n) is 5.40. The van der Waals surface area contributed by atoms with Gasteiger partial charge in [-0.3, -0.25) is 9.78 Å². The van der Waals surface area contributed by atoms with E-state index in [1.54, 1.807) is 6.20 Å². The third-order valence-electron chi connectivity index (χ3n) is 4.08. The number of hydrogen-bond donors (Lipinski definition) is 1. The van der Waals surface area contributed by atoms with E-state index in [0.29, 0.717) is 32.2 Å². The van der Waals surface area contributed by atoms with Crippen molar-refractivity contribution in [2.75, 3.05) is 39.4 Å². The summed E-state index contributed by atoms with van der Waals surface area (Å²) in [4.78, 5) is 18.8. The summed E-state index contributed by atoms with van der Waals surface area (Å²) < 4.78 is 5.29. The van der Waals surface area contributed by atoms with Crippen LogP contribution in [0.3, 0.4) is 0 Å². The van der Waals surface area contributed by atoms with E-state index in [2.05, 4.69) is 10.3 Å². The van der Waals surface area contributed by atoms with Crippen LogP contribution >= 0.6 is 0 Å². The van der Waals surface area contributed by atoms with Gasteiger partial charge >= 0.3 is 0 Å². The van der Waals surface area contributed by atoms with Crippen LogP contribution in [0.25, 0.3) is 0 Å². The Morgan fingerprint density at radius 3 is 2.80 bits per heavy atom. The number of hydrogen-bond acceptors (Lipinski definition) is 4. The molecule has 0 aliphatic carbocycles. The minimum Gasteiger partial charge on any atom is -0.378 e. The van der Waals surface area contributed by atoms with Crippen LogP contribution in [-0.2, 0) is 4.74 Å². The Morgan fingerprint density at radius 2 is 2.05 bits per heavy atom. The standard InChI is InChI=1S/C15H21N3O2/c19-15(18-7-9-20-10-8-18)13-3-6-17-14(11-13)12-1-4-16-5-2-12/h3,6,11-12,16H,1-2,4-5,7-10H2. The van der Waals surface area contributed by atoms with Crippen molar-refractivity contribution >= 4 is 5.91 Å². The van der Waals surface area contributed by atoms with E-state index in [4.69, 9.17) is 4.74 Å². The zero-order valence-corrected chi connectivity index (χ0v) is 11.7. The Labute approximate surface area is 119 Å². The highest BCUT2D eigenvalue weighted by Gasteiger charge is 2.21. The molecule has 1 amide bonds. The number of morpholine rings is 1. The van der Waals surface area contributed by atoms with Crippen LogP contribution < -0.4 is 5.32 Å². The average molecular weight is 275 g/mol. The third kappa shape index (κ3) is 2.99. The van der Waals surface area contributed by atoms with Crippen molar-refractivity contribution in [1.82, 2.24) is 15.2 Å². The number of nitrogens with one attached hydrogen (secondary N) is 1. The zero-order chi connectivity index (χ0) is 13.8. The molecule has 1 aromatic heterocycles. The lowest BCUT2D eigenvalue weighted by atomic mass is 9.93. The van der Waals surface area contributed by atoms with Gasteiger partial charge in [0.15, 0.2) is 0 Å². The fourth-order valence-corrected chi connectivity index (χ4v) is 2.87. The Hall–Kier alpha value is -1.46. The van der Waals surface area contributed by atoms with Gasteiger partial charge in [0.1, 0.15) is 0 Å². The second kappa shape index (κ2) is 6.33. The molecule has 2 fully saturated rings. The van der Waals surface area contributed by atoms with Crippen LogP contribution in [0.5, 0.6) is 0 Å². The molecule has 0 bridgehead atoms. The second-order valence-corrected chi connectivity index (χ2v) is 5.40. The summed E-state index contributed by atoms with van der Waals surface area (Å²) in [6.45, 7) is 4.71. The number of carbonyl (C=O) groups is 1. The molecular weight excluding hydrogens is 254 g/mol. The molecule has 2 saturated heterocycles. The third-order valence-corrected chi connectivity index (χ3v) is 4.08. The van der Waals surface area contributed by atoms with Gasteiger partial charge in [-0.15, -0.1) is 0 Å². The summed E-state index contributed by atoms with van der Waals surface area (Å²) in [5.74, 6) is 0.583. The number of pyridine rings is 1. The molecule has 3 rings (SSSR count). The van der Waals surface area contributed by atoms with Gasteiger partial charge in [0.2, 0.25) is 0 Å². The van der Waals surface area contributed by atoms with Crippen molar-refractivity contribution in [3.05, 3.63) is 29.6 Å². The maximum absolute atomic E-state index is 12.5. The van der Waals surface area contributed by atoms with Gasteiger partial charge in [0.25, 0.3) is 5.91 Å². The zero-order valence-electron chi connectivity index (χ0n) is 11.7. The highest BCUT2D eigenvalue weighted by molar-refractivity contribution is 5.94. The van der Waals surface area contributed by atoms with Crippen LogP contribution in [0.1, 0.15) is 34.8 Å². The highest BCUT2D eigenvalue weighted by Crippen LogP contribution is 2.24. The molecule has 1 N–H and O–H groups in total. The molecule has 0 spiro atoms. The summed E-state index contributed by atoms with van der Waals surface area (Å²) >= 11 is 0. The van der Waals surface area contributed by atoms with Gasteiger partial charge in [0.05, 0.1) is 13.2 Å². The number of piperidine rings is 1. The number of amides is 1. The first-order valence-corrected chi connectivity index (χ1v) is 7.38. The quantitative estimate of drug-likeness (QED) is 0.875. The topological polar surface area (TPSA) is 54.5 Å². The maximum atomic E-state index is 12.5. The van der Waals surface area contributed by atoms with Gasteiger partial charge in [-0.2, -0.15) is 0 Å². The lowest BCUT2D eigenvalue weighted by Gasteiger charge is -2.27. The predicted octanol–water partition coefficient (Wildman–Crippen LogP) is 1.02. The SMILES string of the molecule is O=C(c1ccnc(C2CCNCC2)c1)N1CCOCC1. The molecule has 0 atom stereocenters. The number of carbonyl (C=O) groups excluding carboxylic acids is 1. The lowest BCUT2D eigenvalue weighted by molar-refractivity contribution is 0.0302. The monoisotopic (exact) mass is 275 g/mol. The molecular formula is C15H21N3O2. The molecule has 0 saturated carbocycles. The Kier molecular flexibility index (Phi) is 4.28. The summed E-state index contributed by atoms with van der Waals surface area (Å²) in [6, 6.07) is 3.80. The molecule has 0 aromatic carbocycles. The first-order chi connectivity index (χ1) is 9.84. The molecule has 2 aliphatic rings. The Balaban J connectivity index is 1.74. The van der Waals surface area contributed by atoms with Crippen molar-refractivity contribution < 1.29 is 9.53 Å². The molecule has 5 heteroatoms. The summed E-state index contributed by atoms with van der Waals surface area (Å²) in [5.41, 5.74) is 1.82. The normalized spacial score (nSPS) is 20.9. The van der Waals surface area contributed by atoms with Crippen molar-refractivity contribution in [3.63, 3.8) is 0 Å². The fourth-order valence-electron chi connectivity index (χ4n) is 2.87. The van der Waals surface area contributed by atoms with E-state index >= 15 is 0 Å². The van der Waals surface area contributed by atoms with Gasteiger partial charge in [-0.1, -0.05) is 0 Å².